The third kappa shape index (κ3) is 4.23. The number of thioether (sulfide) groups is 1. The highest BCUT2D eigenvalue weighted by Crippen LogP contribution is 2.24. The lowest BCUT2D eigenvalue weighted by Gasteiger charge is -2.19. The molecular formula is C16H19N3OS. The molecule has 0 aliphatic rings. The zero-order chi connectivity index (χ0) is 15.2. The van der Waals surface area contributed by atoms with Crippen LogP contribution in [-0.2, 0) is 4.79 Å². The van der Waals surface area contributed by atoms with E-state index in [-0.39, 0.29) is 5.91 Å². The Bertz CT molecular complexity index is 630. The summed E-state index contributed by atoms with van der Waals surface area (Å²) in [5.41, 5.74) is 2.78. The van der Waals surface area contributed by atoms with E-state index in [0.29, 0.717) is 6.54 Å². The van der Waals surface area contributed by atoms with E-state index in [0.717, 1.165) is 22.0 Å². The number of aromatic nitrogens is 1. The molecular weight excluding hydrogens is 282 g/mol. The van der Waals surface area contributed by atoms with Crippen molar-refractivity contribution in [1.29, 1.82) is 0 Å². The maximum Gasteiger partial charge on any atom is 0.243 e. The van der Waals surface area contributed by atoms with Gasteiger partial charge in [0.15, 0.2) is 0 Å². The minimum absolute atomic E-state index is 0.0338. The van der Waals surface area contributed by atoms with Gasteiger partial charge >= 0.3 is 0 Å². The number of carbonyl (C=O) groups is 1. The molecule has 0 bridgehead atoms. The van der Waals surface area contributed by atoms with Crippen molar-refractivity contribution in [3.63, 3.8) is 0 Å². The van der Waals surface area contributed by atoms with Gasteiger partial charge in [-0.1, -0.05) is 12.1 Å². The minimum atomic E-state index is -0.0338. The second-order valence-electron chi connectivity index (χ2n) is 4.76. The first-order valence-corrected chi connectivity index (χ1v) is 7.89. The van der Waals surface area contributed by atoms with Gasteiger partial charge in [-0.05, 0) is 37.4 Å². The molecule has 110 valence electrons. The molecule has 0 saturated carbocycles. The maximum atomic E-state index is 12.2. The van der Waals surface area contributed by atoms with Crippen LogP contribution >= 0.6 is 11.8 Å². The summed E-state index contributed by atoms with van der Waals surface area (Å²) >= 11 is 1.62. The lowest BCUT2D eigenvalue weighted by Crippen LogP contribution is -2.30. The quantitative estimate of drug-likeness (QED) is 0.862. The summed E-state index contributed by atoms with van der Waals surface area (Å²) in [4.78, 5) is 19.3. The van der Waals surface area contributed by atoms with Crippen molar-refractivity contribution in [2.24, 2.45) is 0 Å². The Balaban J connectivity index is 2.01. The van der Waals surface area contributed by atoms with Gasteiger partial charge in [0, 0.05) is 29.5 Å². The van der Waals surface area contributed by atoms with E-state index in [9.17, 15) is 4.79 Å². The van der Waals surface area contributed by atoms with E-state index >= 15 is 0 Å². The average Bonchev–Trinajstić information content (AvgIpc) is 2.47. The van der Waals surface area contributed by atoms with Gasteiger partial charge in [0.25, 0.3) is 0 Å². The summed E-state index contributed by atoms with van der Waals surface area (Å²) in [7, 11) is 1.90. The SMILES string of the molecule is CSc1ccccc1NC(=O)CN(C)c1ccnc(C)c1. The van der Waals surface area contributed by atoms with Crippen LogP contribution in [0.5, 0.6) is 0 Å². The van der Waals surface area contributed by atoms with E-state index in [1.807, 2.05) is 61.5 Å². The number of para-hydroxylation sites is 1. The van der Waals surface area contributed by atoms with Gasteiger partial charge in [-0.15, -0.1) is 11.8 Å². The molecule has 2 rings (SSSR count). The zero-order valence-electron chi connectivity index (χ0n) is 12.5. The molecule has 1 N–H and O–H groups in total. The molecule has 0 atom stereocenters. The maximum absolute atomic E-state index is 12.2. The van der Waals surface area contributed by atoms with Crippen molar-refractivity contribution >= 4 is 29.0 Å². The van der Waals surface area contributed by atoms with E-state index < -0.39 is 0 Å². The number of anilines is 2. The van der Waals surface area contributed by atoms with Crippen molar-refractivity contribution in [2.75, 3.05) is 30.1 Å². The smallest absolute Gasteiger partial charge is 0.243 e. The van der Waals surface area contributed by atoms with Gasteiger partial charge in [-0.25, -0.2) is 0 Å². The van der Waals surface area contributed by atoms with Crippen molar-refractivity contribution < 1.29 is 4.79 Å². The Hall–Kier alpha value is -2.01. The molecule has 0 aliphatic heterocycles. The molecule has 21 heavy (non-hydrogen) atoms. The molecule has 5 heteroatoms. The summed E-state index contributed by atoms with van der Waals surface area (Å²) in [6.45, 7) is 2.23. The van der Waals surface area contributed by atoms with Crippen LogP contribution in [0.15, 0.2) is 47.5 Å². The number of carbonyl (C=O) groups excluding carboxylic acids is 1. The number of nitrogens with one attached hydrogen (secondary N) is 1. The highest BCUT2D eigenvalue weighted by Gasteiger charge is 2.10. The largest absolute Gasteiger partial charge is 0.365 e. The summed E-state index contributed by atoms with van der Waals surface area (Å²) in [6, 6.07) is 11.7. The molecule has 1 aromatic carbocycles. The van der Waals surface area contributed by atoms with Gasteiger partial charge in [-0.3, -0.25) is 9.78 Å². The number of hydrogen-bond donors (Lipinski definition) is 1. The van der Waals surface area contributed by atoms with Crippen LogP contribution in [-0.4, -0.2) is 30.7 Å². The molecule has 1 aromatic heterocycles. The Morgan fingerprint density at radius 3 is 2.81 bits per heavy atom. The fraction of sp³-hybridized carbons (Fsp3) is 0.250. The zero-order valence-corrected chi connectivity index (χ0v) is 13.3. The first-order chi connectivity index (χ1) is 10.1. The van der Waals surface area contributed by atoms with Crippen LogP contribution in [0, 0.1) is 6.92 Å². The molecule has 2 aromatic rings. The Kier molecular flexibility index (Phi) is 5.22. The number of pyridine rings is 1. The van der Waals surface area contributed by atoms with Gasteiger partial charge < -0.3 is 10.2 Å². The summed E-state index contributed by atoms with van der Waals surface area (Å²) in [5.74, 6) is -0.0338. The van der Waals surface area contributed by atoms with Crippen LogP contribution in [0.2, 0.25) is 0 Å². The van der Waals surface area contributed by atoms with Gasteiger partial charge in [0.1, 0.15) is 0 Å². The monoisotopic (exact) mass is 301 g/mol. The first kappa shape index (κ1) is 15.4. The number of rotatable bonds is 5. The molecule has 0 fully saturated rings. The number of aryl methyl sites for hydroxylation is 1. The molecule has 0 spiro atoms. The summed E-state index contributed by atoms with van der Waals surface area (Å²) in [5, 5.41) is 2.96. The number of likely N-dealkylation sites (N-methyl/N-ethyl adjacent to an activating group) is 1. The predicted molar refractivity (Wildman–Crippen MR) is 89.1 cm³/mol. The molecule has 0 aliphatic carbocycles. The third-order valence-electron chi connectivity index (χ3n) is 3.08. The van der Waals surface area contributed by atoms with E-state index in [2.05, 4.69) is 10.3 Å². The molecule has 1 amide bonds. The standard InChI is InChI=1S/C16H19N3OS/c1-12-10-13(8-9-17-12)19(2)11-16(20)18-14-6-4-5-7-15(14)21-3/h4-10H,11H2,1-3H3,(H,18,20). The highest BCUT2D eigenvalue weighted by molar-refractivity contribution is 7.98. The van der Waals surface area contributed by atoms with Crippen molar-refractivity contribution in [3.05, 3.63) is 48.3 Å². The minimum Gasteiger partial charge on any atom is -0.365 e. The van der Waals surface area contributed by atoms with Gasteiger partial charge in [0.2, 0.25) is 5.91 Å². The van der Waals surface area contributed by atoms with Crippen molar-refractivity contribution in [2.45, 2.75) is 11.8 Å². The lowest BCUT2D eigenvalue weighted by molar-refractivity contribution is -0.114. The Morgan fingerprint density at radius 2 is 2.10 bits per heavy atom. The van der Waals surface area contributed by atoms with Crippen LogP contribution in [0.1, 0.15) is 5.69 Å². The van der Waals surface area contributed by atoms with Crippen LogP contribution in [0.25, 0.3) is 0 Å². The van der Waals surface area contributed by atoms with Crippen LogP contribution in [0.4, 0.5) is 11.4 Å². The highest BCUT2D eigenvalue weighted by atomic mass is 32.2. The Morgan fingerprint density at radius 1 is 1.33 bits per heavy atom. The fourth-order valence-electron chi connectivity index (χ4n) is 2.01. The molecule has 0 unspecified atom stereocenters. The topological polar surface area (TPSA) is 45.2 Å². The second kappa shape index (κ2) is 7.13. The number of hydrogen-bond acceptors (Lipinski definition) is 4. The number of nitrogens with zero attached hydrogens (tertiary/aromatic N) is 2. The predicted octanol–water partition coefficient (Wildman–Crippen LogP) is 3.19. The van der Waals surface area contributed by atoms with Crippen LogP contribution in [0.3, 0.4) is 0 Å². The second-order valence-corrected chi connectivity index (χ2v) is 5.61. The van der Waals surface area contributed by atoms with Crippen LogP contribution < -0.4 is 10.2 Å². The fourth-order valence-corrected chi connectivity index (χ4v) is 2.57. The number of benzene rings is 1. The van der Waals surface area contributed by atoms with E-state index in [1.165, 1.54) is 0 Å². The molecule has 0 saturated heterocycles. The van der Waals surface area contributed by atoms with Crippen molar-refractivity contribution in [1.82, 2.24) is 4.98 Å². The van der Waals surface area contributed by atoms with Gasteiger partial charge in [0.05, 0.1) is 12.2 Å². The average molecular weight is 301 g/mol. The Labute approximate surface area is 129 Å². The summed E-state index contributed by atoms with van der Waals surface area (Å²) < 4.78 is 0. The van der Waals surface area contributed by atoms with Gasteiger partial charge in [-0.2, -0.15) is 0 Å². The normalized spacial score (nSPS) is 10.2. The molecule has 0 radical (unpaired) electrons. The third-order valence-corrected chi connectivity index (χ3v) is 3.88. The molecule has 1 heterocycles. The van der Waals surface area contributed by atoms with Crippen molar-refractivity contribution in [3.8, 4) is 0 Å². The first-order valence-electron chi connectivity index (χ1n) is 6.67. The molecule has 4 nitrogen and oxygen atoms in total. The number of amides is 1. The summed E-state index contributed by atoms with van der Waals surface area (Å²) in [6.07, 6.45) is 3.75. The lowest BCUT2D eigenvalue weighted by atomic mass is 10.3. The van der Waals surface area contributed by atoms with E-state index in [4.69, 9.17) is 0 Å². The van der Waals surface area contributed by atoms with E-state index in [1.54, 1.807) is 18.0 Å².